The van der Waals surface area contributed by atoms with Crippen LogP contribution in [0.25, 0.3) is 0 Å². The Hall–Kier alpha value is -1.88. The number of fused-ring (bicyclic) bond motifs is 5. The second kappa shape index (κ2) is 10.2. The maximum atomic E-state index is 12.0. The maximum absolute atomic E-state index is 12.0. The SMILES string of the molecule is CC(=O)OC1CC2C(CCC3C2CC[C@@]2(C)C3CCC[C@@H]2OC(C)=O)CC1OCc1ccccc1. The lowest BCUT2D eigenvalue weighted by molar-refractivity contribution is -0.188. The lowest BCUT2D eigenvalue weighted by atomic mass is 9.46. The maximum Gasteiger partial charge on any atom is 0.302 e. The van der Waals surface area contributed by atoms with Crippen molar-refractivity contribution in [2.75, 3.05) is 0 Å². The molecule has 0 amide bonds. The van der Waals surface area contributed by atoms with Crippen LogP contribution in [0.1, 0.15) is 84.1 Å². The van der Waals surface area contributed by atoms with Gasteiger partial charge in [0.05, 0.1) is 12.7 Å². The molecule has 0 aromatic heterocycles. The molecule has 1 aromatic carbocycles. The Labute approximate surface area is 210 Å². The van der Waals surface area contributed by atoms with Crippen molar-refractivity contribution in [1.29, 1.82) is 0 Å². The van der Waals surface area contributed by atoms with Crippen LogP contribution < -0.4 is 0 Å². The van der Waals surface area contributed by atoms with E-state index in [0.29, 0.717) is 36.2 Å². The molecule has 0 saturated heterocycles. The topological polar surface area (TPSA) is 61.8 Å². The van der Waals surface area contributed by atoms with Crippen molar-refractivity contribution in [2.45, 2.75) is 103 Å². The van der Waals surface area contributed by atoms with Gasteiger partial charge in [-0.15, -0.1) is 0 Å². The van der Waals surface area contributed by atoms with Crippen LogP contribution in [-0.4, -0.2) is 30.3 Å². The highest BCUT2D eigenvalue weighted by Crippen LogP contribution is 2.62. The number of rotatable bonds is 5. The van der Waals surface area contributed by atoms with Gasteiger partial charge < -0.3 is 14.2 Å². The normalized spacial score (nSPS) is 40.5. The summed E-state index contributed by atoms with van der Waals surface area (Å²) in [5.41, 5.74) is 1.26. The third kappa shape index (κ3) is 5.03. The molecular formula is C30H42O5. The highest BCUT2D eigenvalue weighted by Gasteiger charge is 2.57. The summed E-state index contributed by atoms with van der Waals surface area (Å²) in [6.45, 7) is 6.03. The van der Waals surface area contributed by atoms with Crippen molar-refractivity contribution in [3.8, 4) is 0 Å². The van der Waals surface area contributed by atoms with E-state index in [9.17, 15) is 9.59 Å². The van der Waals surface area contributed by atoms with Gasteiger partial charge in [0.25, 0.3) is 0 Å². The quantitative estimate of drug-likeness (QED) is 0.476. The number of benzene rings is 1. The summed E-state index contributed by atoms with van der Waals surface area (Å²) in [7, 11) is 0. The average molecular weight is 483 g/mol. The summed E-state index contributed by atoms with van der Waals surface area (Å²) in [6.07, 6.45) is 10.0. The molecule has 9 atom stereocenters. The summed E-state index contributed by atoms with van der Waals surface area (Å²) >= 11 is 0. The van der Waals surface area contributed by atoms with Gasteiger partial charge in [0.1, 0.15) is 12.2 Å². The second-order valence-electron chi connectivity index (χ2n) is 12.0. The number of carbonyl (C=O) groups excluding carboxylic acids is 2. The van der Waals surface area contributed by atoms with Gasteiger partial charge in [-0.3, -0.25) is 9.59 Å². The van der Waals surface area contributed by atoms with Crippen molar-refractivity contribution in [2.24, 2.45) is 35.0 Å². The van der Waals surface area contributed by atoms with Crippen LogP contribution in [0.2, 0.25) is 0 Å². The van der Waals surface area contributed by atoms with E-state index in [2.05, 4.69) is 19.1 Å². The molecule has 7 unspecified atom stereocenters. The molecule has 4 saturated carbocycles. The number of hydrogen-bond acceptors (Lipinski definition) is 5. The molecular weight excluding hydrogens is 440 g/mol. The van der Waals surface area contributed by atoms with Crippen LogP contribution in [0.5, 0.6) is 0 Å². The Morgan fingerprint density at radius 2 is 1.63 bits per heavy atom. The predicted octanol–water partition coefficient (Wildman–Crippen LogP) is 6.09. The van der Waals surface area contributed by atoms with Crippen LogP contribution >= 0.6 is 0 Å². The lowest BCUT2D eigenvalue weighted by Crippen LogP contribution is -2.56. The van der Waals surface area contributed by atoms with E-state index in [1.807, 2.05) is 18.2 Å². The first kappa shape index (κ1) is 24.8. The van der Waals surface area contributed by atoms with Crippen molar-refractivity contribution < 1.29 is 23.8 Å². The lowest BCUT2D eigenvalue weighted by Gasteiger charge is -2.60. The molecule has 0 aliphatic heterocycles. The van der Waals surface area contributed by atoms with E-state index in [1.165, 1.54) is 32.6 Å². The molecule has 4 aliphatic rings. The van der Waals surface area contributed by atoms with E-state index in [1.54, 1.807) is 6.92 Å². The third-order valence-corrected chi connectivity index (χ3v) is 10.1. The fraction of sp³-hybridized carbons (Fsp3) is 0.733. The first-order valence-electron chi connectivity index (χ1n) is 13.8. The van der Waals surface area contributed by atoms with Crippen molar-refractivity contribution in [1.82, 2.24) is 0 Å². The average Bonchev–Trinajstić information content (AvgIpc) is 2.83. The van der Waals surface area contributed by atoms with Gasteiger partial charge in [0.15, 0.2) is 0 Å². The number of ether oxygens (including phenoxy) is 3. The first-order chi connectivity index (χ1) is 16.8. The highest BCUT2D eigenvalue weighted by atomic mass is 16.6. The Bertz CT molecular complexity index is 899. The first-order valence-corrected chi connectivity index (χ1v) is 13.8. The van der Waals surface area contributed by atoms with Gasteiger partial charge in [-0.25, -0.2) is 0 Å². The number of hydrogen-bond donors (Lipinski definition) is 0. The molecule has 5 rings (SSSR count). The molecule has 192 valence electrons. The monoisotopic (exact) mass is 482 g/mol. The summed E-state index contributed by atoms with van der Waals surface area (Å²) in [5.74, 6) is 2.88. The van der Waals surface area contributed by atoms with E-state index in [0.717, 1.165) is 37.7 Å². The van der Waals surface area contributed by atoms with E-state index < -0.39 is 0 Å². The molecule has 0 radical (unpaired) electrons. The van der Waals surface area contributed by atoms with Gasteiger partial charge >= 0.3 is 11.9 Å². The van der Waals surface area contributed by atoms with Gasteiger partial charge in [-0.2, -0.15) is 0 Å². The largest absolute Gasteiger partial charge is 0.462 e. The molecule has 4 fully saturated rings. The summed E-state index contributed by atoms with van der Waals surface area (Å²) < 4.78 is 18.2. The molecule has 0 bridgehead atoms. The summed E-state index contributed by atoms with van der Waals surface area (Å²) in [5, 5.41) is 0. The smallest absolute Gasteiger partial charge is 0.302 e. The molecule has 5 nitrogen and oxygen atoms in total. The molecule has 4 aliphatic carbocycles. The third-order valence-electron chi connectivity index (χ3n) is 10.1. The fourth-order valence-electron chi connectivity index (χ4n) is 8.59. The second-order valence-corrected chi connectivity index (χ2v) is 12.0. The van der Waals surface area contributed by atoms with Crippen molar-refractivity contribution in [3.05, 3.63) is 35.9 Å². The minimum Gasteiger partial charge on any atom is -0.462 e. The van der Waals surface area contributed by atoms with Gasteiger partial charge in [-0.1, -0.05) is 37.3 Å². The zero-order valence-corrected chi connectivity index (χ0v) is 21.6. The van der Waals surface area contributed by atoms with Gasteiger partial charge in [0.2, 0.25) is 0 Å². The number of carbonyl (C=O) groups is 2. The standard InChI is InChI=1S/C30H42O5/c1-19(31)34-28-17-25-22(16-27(28)33-18-21-8-5-4-6-9-21)12-13-24-23(25)14-15-30(3)26(24)10-7-11-29(30)35-20(2)32/h4-6,8-9,22-29H,7,10-18H2,1-3H3/t22?,23?,24?,25?,26?,27?,28?,29-,30-/m0/s1. The fourth-order valence-corrected chi connectivity index (χ4v) is 8.59. The Morgan fingerprint density at radius 1 is 0.857 bits per heavy atom. The Kier molecular flexibility index (Phi) is 7.25. The van der Waals surface area contributed by atoms with Crippen LogP contribution in [0, 0.1) is 35.0 Å². The van der Waals surface area contributed by atoms with Gasteiger partial charge in [-0.05, 0) is 92.9 Å². The van der Waals surface area contributed by atoms with Crippen LogP contribution in [-0.2, 0) is 30.4 Å². The molecule has 1 aromatic rings. The summed E-state index contributed by atoms with van der Waals surface area (Å²) in [4.78, 5) is 23.8. The van der Waals surface area contributed by atoms with Crippen LogP contribution in [0.4, 0.5) is 0 Å². The van der Waals surface area contributed by atoms with Crippen LogP contribution in [0.3, 0.4) is 0 Å². The van der Waals surface area contributed by atoms with E-state index in [4.69, 9.17) is 14.2 Å². The molecule has 0 N–H and O–H groups in total. The zero-order chi connectivity index (χ0) is 24.6. The Balaban J connectivity index is 1.31. The highest BCUT2D eigenvalue weighted by molar-refractivity contribution is 5.66. The molecule has 35 heavy (non-hydrogen) atoms. The molecule has 0 heterocycles. The number of esters is 2. The van der Waals surface area contributed by atoms with Gasteiger partial charge in [0, 0.05) is 19.3 Å². The molecule has 5 heteroatoms. The van der Waals surface area contributed by atoms with E-state index >= 15 is 0 Å². The summed E-state index contributed by atoms with van der Waals surface area (Å²) in [6, 6.07) is 10.3. The van der Waals surface area contributed by atoms with E-state index in [-0.39, 0.29) is 35.7 Å². The Morgan fingerprint density at radius 3 is 2.37 bits per heavy atom. The zero-order valence-electron chi connectivity index (χ0n) is 21.6. The van der Waals surface area contributed by atoms with Crippen molar-refractivity contribution in [3.63, 3.8) is 0 Å². The minimum absolute atomic E-state index is 0.0335. The molecule has 0 spiro atoms. The van der Waals surface area contributed by atoms with Crippen LogP contribution in [0.15, 0.2) is 30.3 Å². The predicted molar refractivity (Wildman–Crippen MR) is 133 cm³/mol. The van der Waals surface area contributed by atoms with Crippen molar-refractivity contribution >= 4 is 11.9 Å². The minimum atomic E-state index is -0.207.